The fraction of sp³-hybridized carbons (Fsp3) is 0.500. The van der Waals surface area contributed by atoms with Crippen molar-refractivity contribution in [2.24, 2.45) is 0 Å². The minimum absolute atomic E-state index is 0.144. The minimum Gasteiger partial charge on any atom is -0.388 e. The Labute approximate surface area is 128 Å². The summed E-state index contributed by atoms with van der Waals surface area (Å²) in [4.78, 5) is 18.8. The largest absolute Gasteiger partial charge is 0.388 e. The lowest BCUT2D eigenvalue weighted by molar-refractivity contribution is -0.0590. The van der Waals surface area contributed by atoms with Gasteiger partial charge in [-0.1, -0.05) is 6.07 Å². The molecule has 2 aliphatic heterocycles. The number of carbonyl (C=O) groups is 1. The molecular formula is C16H19N3O3. The zero-order valence-electron chi connectivity index (χ0n) is 12.5. The lowest BCUT2D eigenvalue weighted by Crippen LogP contribution is -2.41. The number of pyridine rings is 1. The van der Waals surface area contributed by atoms with Crippen LogP contribution in [-0.2, 0) is 4.74 Å². The van der Waals surface area contributed by atoms with E-state index in [2.05, 4.69) is 4.98 Å². The molecule has 2 aromatic rings. The van der Waals surface area contributed by atoms with E-state index >= 15 is 0 Å². The number of likely N-dealkylation sites (tertiary alicyclic amines) is 1. The second-order valence-electron chi connectivity index (χ2n) is 6.24. The molecule has 0 bridgehead atoms. The molecular weight excluding hydrogens is 282 g/mol. The van der Waals surface area contributed by atoms with Crippen molar-refractivity contribution < 1.29 is 14.6 Å². The van der Waals surface area contributed by atoms with Gasteiger partial charge in [0.2, 0.25) is 0 Å². The number of amides is 1. The maximum atomic E-state index is 12.7. The van der Waals surface area contributed by atoms with Crippen molar-refractivity contribution in [3.05, 3.63) is 35.8 Å². The van der Waals surface area contributed by atoms with Gasteiger partial charge in [-0.15, -0.1) is 0 Å². The third-order valence-corrected chi connectivity index (χ3v) is 4.80. The van der Waals surface area contributed by atoms with E-state index in [1.54, 1.807) is 11.1 Å². The lowest BCUT2D eigenvalue weighted by Gasteiger charge is -2.25. The fourth-order valence-corrected chi connectivity index (χ4v) is 3.54. The van der Waals surface area contributed by atoms with Crippen molar-refractivity contribution in [3.8, 4) is 0 Å². The number of aliphatic hydroxyl groups is 1. The Morgan fingerprint density at radius 2 is 2.36 bits per heavy atom. The zero-order chi connectivity index (χ0) is 15.3. The van der Waals surface area contributed by atoms with Gasteiger partial charge in [-0.05, 0) is 31.9 Å². The number of aliphatic hydroxyl groups excluding tert-OH is 1. The van der Waals surface area contributed by atoms with Gasteiger partial charge >= 0.3 is 0 Å². The monoisotopic (exact) mass is 301 g/mol. The van der Waals surface area contributed by atoms with Gasteiger partial charge in [0.1, 0.15) is 23.0 Å². The number of β-amino-alcohol motifs (C(OH)–C–C–N with tert-alkyl or cyclic N) is 1. The first-order valence-corrected chi connectivity index (χ1v) is 7.65. The van der Waals surface area contributed by atoms with Gasteiger partial charge in [0, 0.05) is 25.0 Å². The number of hydrogen-bond donors (Lipinski definition) is 1. The number of fused-ring (bicyclic) bond motifs is 1. The van der Waals surface area contributed by atoms with Crippen molar-refractivity contribution in [1.29, 1.82) is 0 Å². The predicted octanol–water partition coefficient (Wildman–Crippen LogP) is 1.01. The van der Waals surface area contributed by atoms with Crippen LogP contribution >= 0.6 is 0 Å². The van der Waals surface area contributed by atoms with Gasteiger partial charge in [0.25, 0.3) is 5.91 Å². The molecule has 22 heavy (non-hydrogen) atoms. The zero-order valence-corrected chi connectivity index (χ0v) is 12.5. The van der Waals surface area contributed by atoms with Crippen molar-refractivity contribution in [1.82, 2.24) is 14.3 Å². The smallest absolute Gasteiger partial charge is 0.274 e. The van der Waals surface area contributed by atoms with E-state index in [9.17, 15) is 9.90 Å². The molecule has 0 radical (unpaired) electrons. The highest BCUT2D eigenvalue weighted by Crippen LogP contribution is 2.35. The Kier molecular flexibility index (Phi) is 2.99. The van der Waals surface area contributed by atoms with Gasteiger partial charge in [-0.25, -0.2) is 4.98 Å². The maximum absolute atomic E-state index is 12.7. The number of aryl methyl sites for hydroxylation is 1. The van der Waals surface area contributed by atoms with E-state index in [1.807, 2.05) is 29.5 Å². The number of imidazole rings is 1. The molecule has 2 aliphatic rings. The average molecular weight is 301 g/mol. The van der Waals surface area contributed by atoms with Crippen molar-refractivity contribution in [2.45, 2.75) is 31.5 Å². The first-order chi connectivity index (χ1) is 10.6. The number of nitrogens with zero attached hydrogens (tertiary/aromatic N) is 3. The molecule has 0 unspecified atom stereocenters. The van der Waals surface area contributed by atoms with Crippen LogP contribution < -0.4 is 0 Å². The summed E-state index contributed by atoms with van der Waals surface area (Å²) in [6.45, 7) is 3.39. The Hall–Kier alpha value is -1.92. The van der Waals surface area contributed by atoms with Crippen LogP contribution in [0.2, 0.25) is 0 Å². The normalized spacial score (nSPS) is 28.1. The fourth-order valence-electron chi connectivity index (χ4n) is 3.54. The highest BCUT2D eigenvalue weighted by molar-refractivity contribution is 5.93. The van der Waals surface area contributed by atoms with Crippen molar-refractivity contribution >= 4 is 11.6 Å². The number of ether oxygens (including phenoxy) is 1. The van der Waals surface area contributed by atoms with Crippen LogP contribution in [0.25, 0.3) is 5.65 Å². The Balaban J connectivity index is 1.62. The Morgan fingerprint density at radius 3 is 3.09 bits per heavy atom. The molecule has 6 nitrogen and oxygen atoms in total. The number of hydrogen-bond acceptors (Lipinski definition) is 4. The maximum Gasteiger partial charge on any atom is 0.274 e. The van der Waals surface area contributed by atoms with Crippen LogP contribution in [0.1, 0.15) is 29.0 Å². The quantitative estimate of drug-likeness (QED) is 0.853. The topological polar surface area (TPSA) is 67.1 Å². The second-order valence-corrected chi connectivity index (χ2v) is 6.24. The van der Waals surface area contributed by atoms with Crippen LogP contribution in [0.3, 0.4) is 0 Å². The highest BCUT2D eigenvalue weighted by Gasteiger charge is 2.50. The summed E-state index contributed by atoms with van der Waals surface area (Å²) in [6, 6.07) is 5.78. The SMILES string of the molecule is Cc1cccc2nc(C(=O)N3C[C@H](O)[C@]4(CCCO4)C3)cn12. The van der Waals surface area contributed by atoms with E-state index in [-0.39, 0.29) is 5.91 Å². The van der Waals surface area contributed by atoms with Gasteiger partial charge in [0.15, 0.2) is 0 Å². The summed E-state index contributed by atoms with van der Waals surface area (Å²) in [6.07, 6.45) is 2.90. The molecule has 0 saturated carbocycles. The number of rotatable bonds is 1. The summed E-state index contributed by atoms with van der Waals surface area (Å²) in [5.41, 5.74) is 1.64. The van der Waals surface area contributed by atoms with E-state index in [1.165, 1.54) is 0 Å². The summed E-state index contributed by atoms with van der Waals surface area (Å²) in [5.74, 6) is -0.144. The summed E-state index contributed by atoms with van der Waals surface area (Å²) in [7, 11) is 0. The predicted molar refractivity (Wildman–Crippen MR) is 79.8 cm³/mol. The first kappa shape index (κ1) is 13.7. The molecule has 2 atom stereocenters. The molecule has 4 rings (SSSR count). The molecule has 1 spiro atoms. The number of aromatic nitrogens is 2. The summed E-state index contributed by atoms with van der Waals surface area (Å²) in [5, 5.41) is 10.3. The van der Waals surface area contributed by atoms with Crippen LogP contribution in [0.15, 0.2) is 24.4 Å². The average Bonchev–Trinajstić information content (AvgIpc) is 3.20. The van der Waals surface area contributed by atoms with E-state index in [0.29, 0.717) is 25.4 Å². The third kappa shape index (κ3) is 1.94. The Bertz CT molecular complexity index is 733. The molecule has 2 saturated heterocycles. The number of carbonyl (C=O) groups excluding carboxylic acids is 1. The first-order valence-electron chi connectivity index (χ1n) is 7.65. The Morgan fingerprint density at radius 1 is 1.50 bits per heavy atom. The molecule has 2 fully saturated rings. The summed E-state index contributed by atoms with van der Waals surface area (Å²) >= 11 is 0. The van der Waals surface area contributed by atoms with E-state index in [4.69, 9.17) is 4.74 Å². The van der Waals surface area contributed by atoms with Crippen LogP contribution in [0.5, 0.6) is 0 Å². The van der Waals surface area contributed by atoms with Crippen molar-refractivity contribution in [2.75, 3.05) is 19.7 Å². The van der Waals surface area contributed by atoms with E-state index < -0.39 is 11.7 Å². The van der Waals surface area contributed by atoms with E-state index in [0.717, 1.165) is 24.2 Å². The van der Waals surface area contributed by atoms with Gasteiger partial charge in [-0.2, -0.15) is 0 Å². The van der Waals surface area contributed by atoms with Crippen LogP contribution in [0, 0.1) is 6.92 Å². The summed E-state index contributed by atoms with van der Waals surface area (Å²) < 4.78 is 7.64. The molecule has 116 valence electrons. The van der Waals surface area contributed by atoms with Gasteiger partial charge in [0.05, 0.1) is 6.54 Å². The molecule has 2 aromatic heterocycles. The minimum atomic E-state index is -0.613. The second kappa shape index (κ2) is 4.79. The molecule has 1 N–H and O–H groups in total. The van der Waals surface area contributed by atoms with Crippen LogP contribution in [-0.4, -0.2) is 56.7 Å². The third-order valence-electron chi connectivity index (χ3n) is 4.80. The standard InChI is InChI=1S/C16H19N3O3/c1-11-4-2-5-14-17-12(8-19(11)14)15(21)18-9-13(20)16(10-18)6-3-7-22-16/h2,4-5,8,13,20H,3,6-7,9-10H2,1H3/t13-,16-/m0/s1. The lowest BCUT2D eigenvalue weighted by atomic mass is 9.97. The highest BCUT2D eigenvalue weighted by atomic mass is 16.5. The molecule has 1 amide bonds. The molecule has 4 heterocycles. The van der Waals surface area contributed by atoms with Crippen molar-refractivity contribution in [3.63, 3.8) is 0 Å². The van der Waals surface area contributed by atoms with Gasteiger partial charge < -0.3 is 19.1 Å². The molecule has 6 heteroatoms. The van der Waals surface area contributed by atoms with Crippen LogP contribution in [0.4, 0.5) is 0 Å². The molecule has 0 aliphatic carbocycles. The molecule has 0 aromatic carbocycles. The van der Waals surface area contributed by atoms with Gasteiger partial charge in [-0.3, -0.25) is 4.79 Å².